The first-order valence-corrected chi connectivity index (χ1v) is 5.07. The van der Waals surface area contributed by atoms with Gasteiger partial charge in [-0.3, -0.25) is 0 Å². The molecule has 6 heteroatoms. The van der Waals surface area contributed by atoms with E-state index in [9.17, 15) is 14.7 Å². The van der Waals surface area contributed by atoms with Gasteiger partial charge in [0, 0.05) is 0 Å². The highest BCUT2D eigenvalue weighted by Gasteiger charge is 2.28. The Morgan fingerprint density at radius 3 is 2.19 bits per heavy atom. The zero-order chi connectivity index (χ0) is 12.9. The second-order valence-corrected chi connectivity index (χ2v) is 4.44. The van der Waals surface area contributed by atoms with Gasteiger partial charge in [-0.05, 0) is 27.2 Å². The van der Waals surface area contributed by atoms with Gasteiger partial charge in [-0.1, -0.05) is 6.92 Å². The number of carbonyl (C=O) groups excluding carboxylic acids is 1. The van der Waals surface area contributed by atoms with Crippen LogP contribution in [0.2, 0.25) is 0 Å². The molecule has 0 saturated carbocycles. The van der Waals surface area contributed by atoms with Crippen molar-refractivity contribution >= 4 is 12.1 Å². The lowest BCUT2D eigenvalue weighted by atomic mass is 10.1. The zero-order valence-corrected chi connectivity index (χ0v) is 9.98. The molecule has 2 atom stereocenters. The van der Waals surface area contributed by atoms with Crippen LogP contribution in [0, 0.1) is 0 Å². The highest BCUT2D eigenvalue weighted by Crippen LogP contribution is 2.08. The van der Waals surface area contributed by atoms with Gasteiger partial charge < -0.3 is 20.3 Å². The van der Waals surface area contributed by atoms with Crippen LogP contribution in [-0.2, 0) is 9.53 Å². The summed E-state index contributed by atoms with van der Waals surface area (Å²) in [6.45, 7) is 6.62. The second kappa shape index (κ2) is 5.69. The highest BCUT2D eigenvalue weighted by molar-refractivity contribution is 5.80. The van der Waals surface area contributed by atoms with Crippen LogP contribution in [-0.4, -0.2) is 40.0 Å². The average Bonchev–Trinajstić information content (AvgIpc) is 2.09. The molecule has 0 fully saturated rings. The van der Waals surface area contributed by atoms with Crippen LogP contribution < -0.4 is 5.32 Å². The first kappa shape index (κ1) is 14.7. The molecule has 0 aromatic rings. The van der Waals surface area contributed by atoms with Gasteiger partial charge in [-0.2, -0.15) is 0 Å². The quantitative estimate of drug-likeness (QED) is 0.665. The molecule has 16 heavy (non-hydrogen) atoms. The molecule has 6 nitrogen and oxygen atoms in total. The van der Waals surface area contributed by atoms with Gasteiger partial charge in [0.05, 0.1) is 6.10 Å². The molecule has 0 aliphatic heterocycles. The predicted octanol–water partition coefficient (Wildman–Crippen LogP) is 0.735. The van der Waals surface area contributed by atoms with Crippen molar-refractivity contribution in [3.63, 3.8) is 0 Å². The van der Waals surface area contributed by atoms with Gasteiger partial charge in [-0.15, -0.1) is 0 Å². The number of carboxylic acids is 1. The van der Waals surface area contributed by atoms with Crippen LogP contribution in [0.1, 0.15) is 34.1 Å². The summed E-state index contributed by atoms with van der Waals surface area (Å²) >= 11 is 0. The SMILES string of the molecule is CC[C@@H](O)[C@H](NC(=O)OC(C)(C)C)C(=O)O. The molecule has 0 unspecified atom stereocenters. The van der Waals surface area contributed by atoms with E-state index in [1.165, 1.54) is 0 Å². The Balaban J connectivity index is 4.42. The Labute approximate surface area is 94.6 Å². The maximum Gasteiger partial charge on any atom is 0.408 e. The fourth-order valence-corrected chi connectivity index (χ4v) is 0.993. The minimum absolute atomic E-state index is 0.229. The molecule has 0 aliphatic carbocycles. The van der Waals surface area contributed by atoms with Crippen LogP contribution in [0.4, 0.5) is 4.79 Å². The number of alkyl carbamates (subject to hydrolysis) is 1. The van der Waals surface area contributed by atoms with Crippen molar-refractivity contribution in [2.45, 2.75) is 51.9 Å². The van der Waals surface area contributed by atoms with Gasteiger partial charge in [0.1, 0.15) is 5.60 Å². The lowest BCUT2D eigenvalue weighted by molar-refractivity contribution is -0.142. The third kappa shape index (κ3) is 5.55. The summed E-state index contributed by atoms with van der Waals surface area (Å²) in [5.41, 5.74) is -0.704. The van der Waals surface area contributed by atoms with E-state index in [-0.39, 0.29) is 6.42 Å². The maximum absolute atomic E-state index is 11.3. The highest BCUT2D eigenvalue weighted by atomic mass is 16.6. The van der Waals surface area contributed by atoms with Gasteiger partial charge in [0.25, 0.3) is 0 Å². The molecular formula is C10H19NO5. The molecular weight excluding hydrogens is 214 g/mol. The average molecular weight is 233 g/mol. The van der Waals surface area contributed by atoms with Crippen LogP contribution in [0.3, 0.4) is 0 Å². The number of carboxylic acid groups (broad SMARTS) is 1. The number of hydrogen-bond acceptors (Lipinski definition) is 4. The third-order valence-corrected chi connectivity index (χ3v) is 1.74. The summed E-state index contributed by atoms with van der Waals surface area (Å²) in [6, 6.07) is -1.35. The van der Waals surface area contributed by atoms with Gasteiger partial charge in [0.2, 0.25) is 0 Å². The fourth-order valence-electron chi connectivity index (χ4n) is 0.993. The Hall–Kier alpha value is -1.30. The van der Waals surface area contributed by atoms with Crippen molar-refractivity contribution in [3.05, 3.63) is 0 Å². The minimum atomic E-state index is -1.35. The lowest BCUT2D eigenvalue weighted by Gasteiger charge is -2.23. The molecule has 3 N–H and O–H groups in total. The van der Waals surface area contributed by atoms with Crippen molar-refractivity contribution in [2.24, 2.45) is 0 Å². The van der Waals surface area contributed by atoms with Crippen LogP contribution in [0.25, 0.3) is 0 Å². The monoisotopic (exact) mass is 233 g/mol. The molecule has 0 aromatic heterocycles. The number of hydrogen-bond donors (Lipinski definition) is 3. The Morgan fingerprint density at radius 1 is 1.38 bits per heavy atom. The van der Waals surface area contributed by atoms with Crippen molar-refractivity contribution in [3.8, 4) is 0 Å². The Kier molecular flexibility index (Phi) is 5.23. The van der Waals surface area contributed by atoms with Gasteiger partial charge in [0.15, 0.2) is 6.04 Å². The zero-order valence-electron chi connectivity index (χ0n) is 9.98. The summed E-state index contributed by atoms with van der Waals surface area (Å²) < 4.78 is 4.89. The van der Waals surface area contributed by atoms with E-state index in [2.05, 4.69) is 5.32 Å². The van der Waals surface area contributed by atoms with Crippen molar-refractivity contribution in [1.82, 2.24) is 5.32 Å². The maximum atomic E-state index is 11.3. The van der Waals surface area contributed by atoms with Gasteiger partial charge >= 0.3 is 12.1 Å². The Bertz CT molecular complexity index is 258. The fraction of sp³-hybridized carbons (Fsp3) is 0.800. The third-order valence-electron chi connectivity index (χ3n) is 1.74. The minimum Gasteiger partial charge on any atom is -0.480 e. The smallest absolute Gasteiger partial charge is 0.408 e. The normalized spacial score (nSPS) is 15.1. The molecule has 0 bridgehead atoms. The van der Waals surface area contributed by atoms with E-state index in [0.717, 1.165) is 0 Å². The predicted molar refractivity (Wildman–Crippen MR) is 57.1 cm³/mol. The van der Waals surface area contributed by atoms with E-state index in [1.807, 2.05) is 0 Å². The van der Waals surface area contributed by atoms with E-state index >= 15 is 0 Å². The van der Waals surface area contributed by atoms with Crippen molar-refractivity contribution < 1.29 is 24.5 Å². The van der Waals surface area contributed by atoms with E-state index in [0.29, 0.717) is 0 Å². The van der Waals surface area contributed by atoms with Crippen LogP contribution in [0.15, 0.2) is 0 Å². The van der Waals surface area contributed by atoms with E-state index in [4.69, 9.17) is 9.84 Å². The number of rotatable bonds is 4. The molecule has 0 aromatic carbocycles. The molecule has 0 spiro atoms. The summed E-state index contributed by atoms with van der Waals surface area (Å²) in [7, 11) is 0. The molecule has 0 rings (SSSR count). The summed E-state index contributed by atoms with van der Waals surface area (Å²) in [6.07, 6.45) is -1.76. The number of nitrogens with one attached hydrogen (secondary N) is 1. The van der Waals surface area contributed by atoms with Crippen molar-refractivity contribution in [2.75, 3.05) is 0 Å². The molecule has 0 heterocycles. The molecule has 0 aliphatic rings. The van der Waals surface area contributed by atoms with Crippen LogP contribution >= 0.6 is 0 Å². The standard InChI is InChI=1S/C10H19NO5/c1-5-6(12)7(8(13)14)11-9(15)16-10(2,3)4/h6-7,12H,5H2,1-4H3,(H,11,15)(H,13,14)/t6-,7+/m1/s1. The number of carbonyl (C=O) groups is 2. The number of aliphatic carboxylic acids is 1. The largest absolute Gasteiger partial charge is 0.480 e. The van der Waals surface area contributed by atoms with Crippen LogP contribution in [0.5, 0.6) is 0 Å². The summed E-state index contributed by atoms with van der Waals surface area (Å²) in [5.74, 6) is -1.29. The number of ether oxygens (including phenoxy) is 1. The first-order valence-electron chi connectivity index (χ1n) is 5.07. The number of amides is 1. The van der Waals surface area contributed by atoms with E-state index < -0.39 is 29.8 Å². The topological polar surface area (TPSA) is 95.9 Å². The molecule has 0 saturated heterocycles. The summed E-state index contributed by atoms with van der Waals surface area (Å²) in [4.78, 5) is 22.1. The van der Waals surface area contributed by atoms with Crippen molar-refractivity contribution in [1.29, 1.82) is 0 Å². The number of aliphatic hydroxyl groups is 1. The van der Waals surface area contributed by atoms with Gasteiger partial charge in [-0.25, -0.2) is 9.59 Å². The second-order valence-electron chi connectivity index (χ2n) is 4.44. The molecule has 1 amide bonds. The van der Waals surface area contributed by atoms with E-state index in [1.54, 1.807) is 27.7 Å². The molecule has 0 radical (unpaired) electrons. The Morgan fingerprint density at radius 2 is 1.88 bits per heavy atom. The summed E-state index contributed by atoms with van der Waals surface area (Å²) in [5, 5.41) is 20.3. The first-order chi connectivity index (χ1) is 7.17. The lowest BCUT2D eigenvalue weighted by Crippen LogP contribution is -2.49. The molecule has 94 valence electrons. The number of aliphatic hydroxyl groups excluding tert-OH is 1.